The molecule has 18 heavy (non-hydrogen) atoms. The molecule has 1 aliphatic heterocycles. The van der Waals surface area contributed by atoms with Crippen molar-refractivity contribution in [2.24, 2.45) is 5.41 Å². The van der Waals surface area contributed by atoms with E-state index in [2.05, 4.69) is 13.8 Å². The third kappa shape index (κ3) is 2.71. The van der Waals surface area contributed by atoms with Crippen LogP contribution in [0.25, 0.3) is 0 Å². The van der Waals surface area contributed by atoms with Gasteiger partial charge in [0.05, 0.1) is 18.8 Å². The lowest BCUT2D eigenvalue weighted by Crippen LogP contribution is -2.35. The molecule has 1 aromatic carbocycles. The minimum atomic E-state index is -0.925. The number of hydrogen-bond donors (Lipinski definition) is 1. The Morgan fingerprint density at radius 1 is 1.33 bits per heavy atom. The molecule has 2 rings (SSSR count). The monoisotopic (exact) mass is 250 g/mol. The molecule has 0 spiro atoms. The van der Waals surface area contributed by atoms with Gasteiger partial charge in [-0.25, -0.2) is 4.79 Å². The standard InChI is InChI=1S/C14H18O4/c1-3-14(2)8-17-13(18-9-14)11-6-4-10(5-7-11)12(15)16/h4-7,13H,3,8-9H2,1-2H3,(H,15,16). The Hall–Kier alpha value is -1.39. The van der Waals surface area contributed by atoms with Crippen LogP contribution in [-0.2, 0) is 9.47 Å². The first-order valence-electron chi connectivity index (χ1n) is 6.10. The van der Waals surface area contributed by atoms with Gasteiger partial charge in [-0.05, 0) is 18.6 Å². The summed E-state index contributed by atoms with van der Waals surface area (Å²) in [4.78, 5) is 10.8. The molecule has 1 saturated heterocycles. The predicted molar refractivity (Wildman–Crippen MR) is 66.4 cm³/mol. The molecule has 4 heteroatoms. The number of aromatic carboxylic acids is 1. The zero-order chi connectivity index (χ0) is 13.2. The number of rotatable bonds is 3. The van der Waals surface area contributed by atoms with E-state index in [1.807, 2.05) is 0 Å². The molecule has 0 saturated carbocycles. The van der Waals surface area contributed by atoms with Crippen molar-refractivity contribution in [1.29, 1.82) is 0 Å². The summed E-state index contributed by atoms with van der Waals surface area (Å²) in [6.45, 7) is 5.58. The maximum Gasteiger partial charge on any atom is 0.335 e. The maximum absolute atomic E-state index is 10.8. The van der Waals surface area contributed by atoms with E-state index in [0.29, 0.717) is 13.2 Å². The zero-order valence-electron chi connectivity index (χ0n) is 10.7. The average molecular weight is 250 g/mol. The molecule has 0 unspecified atom stereocenters. The molecule has 0 radical (unpaired) electrons. The number of benzene rings is 1. The van der Waals surface area contributed by atoms with E-state index < -0.39 is 5.97 Å². The molecule has 0 aliphatic carbocycles. The van der Waals surface area contributed by atoms with E-state index in [0.717, 1.165) is 12.0 Å². The Labute approximate surface area is 107 Å². The molecule has 0 atom stereocenters. The van der Waals surface area contributed by atoms with Crippen LogP contribution in [0.4, 0.5) is 0 Å². The Balaban J connectivity index is 2.03. The van der Waals surface area contributed by atoms with Crippen LogP contribution in [0.1, 0.15) is 42.5 Å². The lowest BCUT2D eigenvalue weighted by molar-refractivity contribution is -0.230. The van der Waals surface area contributed by atoms with Gasteiger partial charge >= 0.3 is 5.97 Å². The summed E-state index contributed by atoms with van der Waals surface area (Å²) in [5, 5.41) is 8.82. The summed E-state index contributed by atoms with van der Waals surface area (Å²) < 4.78 is 11.4. The first kappa shape index (κ1) is 13.1. The summed E-state index contributed by atoms with van der Waals surface area (Å²) >= 11 is 0. The highest BCUT2D eigenvalue weighted by atomic mass is 16.7. The molecule has 1 aromatic rings. The van der Waals surface area contributed by atoms with Crippen molar-refractivity contribution in [1.82, 2.24) is 0 Å². The Kier molecular flexibility index (Phi) is 3.68. The van der Waals surface area contributed by atoms with Gasteiger partial charge in [-0.2, -0.15) is 0 Å². The highest BCUT2D eigenvalue weighted by molar-refractivity contribution is 5.87. The Morgan fingerprint density at radius 2 is 1.89 bits per heavy atom. The van der Waals surface area contributed by atoms with Gasteiger partial charge in [0.15, 0.2) is 6.29 Å². The third-order valence-corrected chi connectivity index (χ3v) is 3.45. The van der Waals surface area contributed by atoms with E-state index in [1.54, 1.807) is 24.3 Å². The second kappa shape index (κ2) is 5.08. The fourth-order valence-electron chi connectivity index (χ4n) is 1.82. The molecular weight excluding hydrogens is 232 g/mol. The van der Waals surface area contributed by atoms with Crippen LogP contribution in [0.15, 0.2) is 24.3 Å². The second-order valence-corrected chi connectivity index (χ2v) is 5.05. The van der Waals surface area contributed by atoms with Crippen LogP contribution < -0.4 is 0 Å². The van der Waals surface area contributed by atoms with Gasteiger partial charge in [-0.3, -0.25) is 0 Å². The quantitative estimate of drug-likeness (QED) is 0.896. The third-order valence-electron chi connectivity index (χ3n) is 3.45. The Bertz CT molecular complexity index is 416. The number of hydrogen-bond acceptors (Lipinski definition) is 3. The molecule has 1 aliphatic rings. The highest BCUT2D eigenvalue weighted by Crippen LogP contribution is 2.33. The van der Waals surface area contributed by atoms with Gasteiger partial charge in [0, 0.05) is 11.0 Å². The fourth-order valence-corrected chi connectivity index (χ4v) is 1.82. The van der Waals surface area contributed by atoms with Crippen LogP contribution in [0, 0.1) is 5.41 Å². The first-order valence-corrected chi connectivity index (χ1v) is 6.10. The van der Waals surface area contributed by atoms with Crippen molar-refractivity contribution in [2.75, 3.05) is 13.2 Å². The molecule has 1 fully saturated rings. The fraction of sp³-hybridized carbons (Fsp3) is 0.500. The molecule has 4 nitrogen and oxygen atoms in total. The van der Waals surface area contributed by atoms with Gasteiger partial charge in [0.25, 0.3) is 0 Å². The SMILES string of the molecule is CCC1(C)COC(c2ccc(C(=O)O)cc2)OC1. The smallest absolute Gasteiger partial charge is 0.335 e. The van der Waals surface area contributed by atoms with E-state index in [-0.39, 0.29) is 17.3 Å². The average Bonchev–Trinajstić information content (AvgIpc) is 2.40. The summed E-state index contributed by atoms with van der Waals surface area (Å²) in [6, 6.07) is 6.61. The number of carboxylic acids is 1. The zero-order valence-corrected chi connectivity index (χ0v) is 10.7. The van der Waals surface area contributed by atoms with Gasteiger partial charge in [0.1, 0.15) is 0 Å². The van der Waals surface area contributed by atoms with E-state index in [9.17, 15) is 4.79 Å². The van der Waals surface area contributed by atoms with Crippen LogP contribution in [0.3, 0.4) is 0 Å². The lowest BCUT2D eigenvalue weighted by atomic mass is 9.89. The first-order chi connectivity index (χ1) is 8.54. The topological polar surface area (TPSA) is 55.8 Å². The highest BCUT2D eigenvalue weighted by Gasteiger charge is 2.31. The second-order valence-electron chi connectivity index (χ2n) is 5.05. The van der Waals surface area contributed by atoms with Crippen molar-refractivity contribution in [3.63, 3.8) is 0 Å². The molecule has 98 valence electrons. The van der Waals surface area contributed by atoms with Crippen molar-refractivity contribution >= 4 is 5.97 Å². The number of carbonyl (C=O) groups is 1. The molecule has 1 N–H and O–H groups in total. The lowest BCUT2D eigenvalue weighted by Gasteiger charge is -2.36. The van der Waals surface area contributed by atoms with E-state index >= 15 is 0 Å². The summed E-state index contributed by atoms with van der Waals surface area (Å²) in [6.07, 6.45) is 0.630. The van der Waals surface area contributed by atoms with Crippen molar-refractivity contribution < 1.29 is 19.4 Å². The van der Waals surface area contributed by atoms with Crippen LogP contribution in [-0.4, -0.2) is 24.3 Å². The molecule has 0 bridgehead atoms. The summed E-state index contributed by atoms with van der Waals surface area (Å²) in [5.41, 5.74) is 1.21. The van der Waals surface area contributed by atoms with E-state index in [4.69, 9.17) is 14.6 Å². The van der Waals surface area contributed by atoms with Crippen LogP contribution in [0.5, 0.6) is 0 Å². The van der Waals surface area contributed by atoms with Crippen LogP contribution in [0.2, 0.25) is 0 Å². The van der Waals surface area contributed by atoms with E-state index in [1.165, 1.54) is 0 Å². The molecule has 0 aromatic heterocycles. The number of carboxylic acid groups (broad SMARTS) is 1. The molecule has 0 amide bonds. The minimum absolute atomic E-state index is 0.0809. The summed E-state index contributed by atoms with van der Waals surface area (Å²) in [5.74, 6) is -0.925. The van der Waals surface area contributed by atoms with Gasteiger partial charge in [0.2, 0.25) is 0 Å². The van der Waals surface area contributed by atoms with Gasteiger partial charge in [-0.1, -0.05) is 26.0 Å². The van der Waals surface area contributed by atoms with Gasteiger partial charge < -0.3 is 14.6 Å². The van der Waals surface area contributed by atoms with Crippen molar-refractivity contribution in [3.05, 3.63) is 35.4 Å². The maximum atomic E-state index is 10.8. The van der Waals surface area contributed by atoms with Gasteiger partial charge in [-0.15, -0.1) is 0 Å². The van der Waals surface area contributed by atoms with Crippen LogP contribution >= 0.6 is 0 Å². The van der Waals surface area contributed by atoms with Crippen molar-refractivity contribution in [2.45, 2.75) is 26.6 Å². The normalized spacial score (nSPS) is 28.0. The van der Waals surface area contributed by atoms with Crippen molar-refractivity contribution in [3.8, 4) is 0 Å². The summed E-state index contributed by atoms with van der Waals surface area (Å²) in [7, 11) is 0. The predicted octanol–water partition coefficient (Wildman–Crippen LogP) is 2.85. The number of ether oxygens (including phenoxy) is 2. The largest absolute Gasteiger partial charge is 0.478 e. The Morgan fingerprint density at radius 3 is 2.33 bits per heavy atom. The molecule has 1 heterocycles. The minimum Gasteiger partial charge on any atom is -0.478 e. The molecular formula is C14H18O4.